The number of hydrogen-bond donors (Lipinski definition) is 2. The molecule has 1 saturated carbocycles. The molecule has 2 atom stereocenters. The molecule has 148 valence electrons. The van der Waals surface area contributed by atoms with Gasteiger partial charge in [-0.05, 0) is 61.8 Å². The van der Waals surface area contributed by atoms with Crippen molar-refractivity contribution in [3.63, 3.8) is 0 Å². The van der Waals surface area contributed by atoms with Gasteiger partial charge in [-0.1, -0.05) is 42.3 Å². The molecule has 2 rings (SSSR count). The zero-order valence-corrected chi connectivity index (χ0v) is 16.8. The molecule has 0 bridgehead atoms. The highest BCUT2D eigenvalue weighted by Gasteiger charge is 2.23. The summed E-state index contributed by atoms with van der Waals surface area (Å²) >= 11 is 5.83. The van der Waals surface area contributed by atoms with E-state index in [-0.39, 0.29) is 12.5 Å². The summed E-state index contributed by atoms with van der Waals surface area (Å²) in [6, 6.07) is 6.89. The molecule has 1 aromatic carbocycles. The van der Waals surface area contributed by atoms with Crippen LogP contribution in [0, 0.1) is 5.92 Å². The van der Waals surface area contributed by atoms with E-state index in [9.17, 15) is 13.2 Å². The van der Waals surface area contributed by atoms with E-state index in [4.69, 9.17) is 16.7 Å². The third kappa shape index (κ3) is 8.73. The SMILES string of the molecule is O=C(O)CCCC=CC1CCCC(NS(=O)(=O)C=Cc2ccc(Cl)cc2)C1. The third-order valence-corrected chi connectivity index (χ3v) is 5.93. The van der Waals surface area contributed by atoms with Gasteiger partial charge in [-0.15, -0.1) is 0 Å². The van der Waals surface area contributed by atoms with Gasteiger partial charge in [0.05, 0.1) is 0 Å². The van der Waals surface area contributed by atoms with E-state index in [1.54, 1.807) is 30.3 Å². The van der Waals surface area contributed by atoms with E-state index in [0.717, 1.165) is 37.7 Å². The predicted molar refractivity (Wildman–Crippen MR) is 109 cm³/mol. The van der Waals surface area contributed by atoms with Crippen LogP contribution in [0.5, 0.6) is 0 Å². The van der Waals surface area contributed by atoms with Crippen molar-refractivity contribution in [2.45, 2.75) is 51.0 Å². The van der Waals surface area contributed by atoms with Gasteiger partial charge < -0.3 is 5.11 Å². The lowest BCUT2D eigenvalue weighted by Gasteiger charge is -2.27. The standard InChI is InChI=1S/C20H26ClNO4S/c21-18-11-9-16(10-12-18)13-14-27(25,26)22-19-7-4-6-17(15-19)5-2-1-3-8-20(23)24/h2,5,9-14,17,19,22H,1,3-4,6-8,15H2,(H,23,24). The third-order valence-electron chi connectivity index (χ3n) is 4.53. The summed E-state index contributed by atoms with van der Waals surface area (Å²) in [4.78, 5) is 10.5. The van der Waals surface area contributed by atoms with Crippen LogP contribution < -0.4 is 4.72 Å². The first-order valence-electron chi connectivity index (χ1n) is 9.18. The lowest BCUT2D eigenvalue weighted by molar-refractivity contribution is -0.137. The molecule has 0 saturated heterocycles. The van der Waals surface area contributed by atoms with Crippen LogP contribution in [-0.4, -0.2) is 25.5 Å². The number of allylic oxidation sites excluding steroid dienone is 2. The van der Waals surface area contributed by atoms with Crippen LogP contribution in [-0.2, 0) is 14.8 Å². The molecule has 0 heterocycles. The van der Waals surface area contributed by atoms with Gasteiger partial charge in [0.15, 0.2) is 0 Å². The normalized spacial score (nSPS) is 21.1. The maximum absolute atomic E-state index is 12.3. The first-order valence-corrected chi connectivity index (χ1v) is 11.1. The number of carboxylic acids is 1. The summed E-state index contributed by atoms with van der Waals surface area (Å²) in [6.45, 7) is 0. The van der Waals surface area contributed by atoms with Crippen molar-refractivity contribution in [3.05, 3.63) is 52.4 Å². The quantitative estimate of drug-likeness (QED) is 0.459. The van der Waals surface area contributed by atoms with Crippen LogP contribution in [0.1, 0.15) is 50.5 Å². The van der Waals surface area contributed by atoms with Crippen molar-refractivity contribution in [1.82, 2.24) is 4.72 Å². The summed E-state index contributed by atoms with van der Waals surface area (Å²) in [6.07, 6.45) is 10.8. The highest BCUT2D eigenvalue weighted by Crippen LogP contribution is 2.26. The zero-order chi connectivity index (χ0) is 19.7. The number of sulfonamides is 1. The van der Waals surface area contributed by atoms with Crippen LogP contribution in [0.25, 0.3) is 6.08 Å². The van der Waals surface area contributed by atoms with Crippen molar-refractivity contribution in [2.24, 2.45) is 5.92 Å². The van der Waals surface area contributed by atoms with Crippen molar-refractivity contribution < 1.29 is 18.3 Å². The minimum Gasteiger partial charge on any atom is -0.481 e. The maximum Gasteiger partial charge on any atom is 0.303 e. The van der Waals surface area contributed by atoms with Gasteiger partial charge >= 0.3 is 5.97 Å². The fraction of sp³-hybridized carbons (Fsp3) is 0.450. The zero-order valence-electron chi connectivity index (χ0n) is 15.2. The molecule has 1 fully saturated rings. The Morgan fingerprint density at radius 2 is 2.00 bits per heavy atom. The number of aliphatic carboxylic acids is 1. The van der Waals surface area contributed by atoms with Gasteiger partial charge in [0, 0.05) is 22.9 Å². The molecule has 2 unspecified atom stereocenters. The van der Waals surface area contributed by atoms with Crippen molar-refractivity contribution in [1.29, 1.82) is 0 Å². The Hall–Kier alpha value is -1.63. The van der Waals surface area contributed by atoms with Gasteiger partial charge in [-0.25, -0.2) is 13.1 Å². The molecule has 1 aromatic rings. The first kappa shape index (κ1) is 21.7. The second kappa shape index (κ2) is 10.6. The van der Waals surface area contributed by atoms with E-state index < -0.39 is 16.0 Å². The van der Waals surface area contributed by atoms with Crippen LogP contribution in [0.2, 0.25) is 5.02 Å². The largest absolute Gasteiger partial charge is 0.481 e. The Labute approximate surface area is 166 Å². The smallest absolute Gasteiger partial charge is 0.303 e. The Kier molecular flexibility index (Phi) is 8.54. The second-order valence-electron chi connectivity index (χ2n) is 6.85. The van der Waals surface area contributed by atoms with Crippen LogP contribution in [0.4, 0.5) is 0 Å². The Balaban J connectivity index is 1.83. The molecule has 27 heavy (non-hydrogen) atoms. The molecule has 2 N–H and O–H groups in total. The fourth-order valence-electron chi connectivity index (χ4n) is 3.18. The number of benzene rings is 1. The Bertz CT molecular complexity index is 772. The van der Waals surface area contributed by atoms with Gasteiger partial charge in [0.2, 0.25) is 10.0 Å². The maximum atomic E-state index is 12.3. The number of carbonyl (C=O) groups is 1. The molecule has 0 aromatic heterocycles. The Morgan fingerprint density at radius 3 is 2.70 bits per heavy atom. The lowest BCUT2D eigenvalue weighted by Crippen LogP contribution is -2.37. The number of hydrogen-bond acceptors (Lipinski definition) is 3. The van der Waals surface area contributed by atoms with E-state index in [2.05, 4.69) is 10.8 Å². The van der Waals surface area contributed by atoms with Crippen molar-refractivity contribution >= 4 is 33.7 Å². The number of rotatable bonds is 9. The minimum atomic E-state index is -3.50. The summed E-state index contributed by atoms with van der Waals surface area (Å²) in [7, 11) is -3.50. The fourth-order valence-corrected chi connectivity index (χ4v) is 4.40. The van der Waals surface area contributed by atoms with Crippen LogP contribution >= 0.6 is 11.6 Å². The van der Waals surface area contributed by atoms with Crippen LogP contribution in [0.3, 0.4) is 0 Å². The minimum absolute atomic E-state index is 0.0766. The number of nitrogens with one attached hydrogen (secondary N) is 1. The molecule has 0 radical (unpaired) electrons. The van der Waals surface area contributed by atoms with E-state index in [0.29, 0.717) is 17.4 Å². The average molecular weight is 412 g/mol. The second-order valence-corrected chi connectivity index (χ2v) is 8.89. The summed E-state index contributed by atoms with van der Waals surface area (Å²) in [5.41, 5.74) is 0.774. The average Bonchev–Trinajstić information content (AvgIpc) is 2.61. The number of carboxylic acid groups (broad SMARTS) is 1. The lowest BCUT2D eigenvalue weighted by atomic mass is 9.86. The molecule has 5 nitrogen and oxygen atoms in total. The molecule has 0 spiro atoms. The summed E-state index contributed by atoms with van der Waals surface area (Å²) in [5, 5.41) is 10.4. The molecule has 0 aliphatic heterocycles. The molecule has 1 aliphatic carbocycles. The first-order chi connectivity index (χ1) is 12.8. The van der Waals surface area contributed by atoms with Crippen molar-refractivity contribution in [3.8, 4) is 0 Å². The highest BCUT2D eigenvalue weighted by molar-refractivity contribution is 7.92. The van der Waals surface area contributed by atoms with E-state index >= 15 is 0 Å². The van der Waals surface area contributed by atoms with Gasteiger partial charge in [0.25, 0.3) is 0 Å². The molecular weight excluding hydrogens is 386 g/mol. The molecule has 7 heteroatoms. The van der Waals surface area contributed by atoms with Gasteiger partial charge in [-0.3, -0.25) is 4.79 Å². The Morgan fingerprint density at radius 1 is 1.26 bits per heavy atom. The molecular formula is C20H26ClNO4S. The monoisotopic (exact) mass is 411 g/mol. The summed E-state index contributed by atoms with van der Waals surface area (Å²) < 4.78 is 27.4. The summed E-state index contributed by atoms with van der Waals surface area (Å²) in [5.74, 6) is -0.446. The highest BCUT2D eigenvalue weighted by atomic mass is 35.5. The van der Waals surface area contributed by atoms with Gasteiger partial charge in [-0.2, -0.15) is 0 Å². The van der Waals surface area contributed by atoms with Crippen LogP contribution in [0.15, 0.2) is 41.8 Å². The van der Waals surface area contributed by atoms with E-state index in [1.807, 2.05) is 6.08 Å². The van der Waals surface area contributed by atoms with Gasteiger partial charge in [0.1, 0.15) is 0 Å². The molecule has 1 aliphatic rings. The topological polar surface area (TPSA) is 83.5 Å². The number of unbranched alkanes of at least 4 members (excludes halogenated alkanes) is 1. The predicted octanol–water partition coefficient (Wildman–Crippen LogP) is 4.60. The van der Waals surface area contributed by atoms with Crippen molar-refractivity contribution in [2.75, 3.05) is 0 Å². The number of halogens is 1. The van der Waals surface area contributed by atoms with E-state index in [1.165, 1.54) is 5.41 Å². The molecule has 0 amide bonds.